The van der Waals surface area contributed by atoms with Gasteiger partial charge in [-0.2, -0.15) is 15.1 Å². The highest BCUT2D eigenvalue weighted by molar-refractivity contribution is 7.52. The van der Waals surface area contributed by atoms with Gasteiger partial charge in [-0.1, -0.05) is 18.2 Å². The SMILES string of the molecule is CCOc1nc(N)nc2c1ncn2[C@@H]1O[C@H](COP(=O)(N[C@H](C)C(=O)OC(C)C)Oc2ccccc2)[C@@H](CF)[C@H]1OC(C)=O. The van der Waals surface area contributed by atoms with Crippen molar-refractivity contribution in [1.82, 2.24) is 24.6 Å². The highest BCUT2D eigenvalue weighted by atomic mass is 31.2. The molecule has 1 fully saturated rings. The third kappa shape index (κ3) is 7.80. The smallest absolute Gasteiger partial charge is 0.459 e. The molecule has 0 aliphatic carbocycles. The van der Waals surface area contributed by atoms with E-state index in [-0.39, 0.29) is 35.3 Å². The third-order valence-corrected chi connectivity index (χ3v) is 8.02. The molecule has 0 spiro atoms. The molecule has 3 heterocycles. The van der Waals surface area contributed by atoms with E-state index in [0.717, 1.165) is 0 Å². The molecule has 1 aliphatic heterocycles. The number of carbonyl (C=O) groups excluding carboxylic acids is 2. The number of hydrogen-bond acceptors (Lipinski definition) is 13. The van der Waals surface area contributed by atoms with E-state index in [2.05, 4.69) is 20.0 Å². The van der Waals surface area contributed by atoms with E-state index in [1.165, 1.54) is 24.7 Å². The molecule has 15 nitrogen and oxygen atoms in total. The summed E-state index contributed by atoms with van der Waals surface area (Å²) in [4.78, 5) is 37.2. The number of ether oxygens (including phenoxy) is 4. The van der Waals surface area contributed by atoms with Crippen LogP contribution in [0.25, 0.3) is 11.2 Å². The first-order valence-corrected chi connectivity index (χ1v) is 15.5. The molecule has 0 bridgehead atoms. The first-order chi connectivity index (χ1) is 20.9. The van der Waals surface area contributed by atoms with Crippen LogP contribution >= 0.6 is 7.75 Å². The van der Waals surface area contributed by atoms with Crippen molar-refractivity contribution in [3.63, 3.8) is 0 Å². The predicted octanol–water partition coefficient (Wildman–Crippen LogP) is 3.36. The maximum atomic E-state index is 14.6. The van der Waals surface area contributed by atoms with Gasteiger partial charge in [0, 0.05) is 6.92 Å². The number of anilines is 1. The van der Waals surface area contributed by atoms with E-state index in [4.69, 9.17) is 33.7 Å². The zero-order chi connectivity index (χ0) is 32.0. The number of imidazole rings is 1. The van der Waals surface area contributed by atoms with Crippen molar-refractivity contribution in [2.75, 3.05) is 25.6 Å². The molecule has 3 aromatic rings. The average molecular weight is 639 g/mol. The molecular weight excluding hydrogens is 602 g/mol. The van der Waals surface area contributed by atoms with Gasteiger partial charge in [0.1, 0.15) is 11.8 Å². The van der Waals surface area contributed by atoms with E-state index in [1.54, 1.807) is 51.1 Å². The fourth-order valence-corrected chi connectivity index (χ4v) is 6.03. The van der Waals surface area contributed by atoms with Crippen LogP contribution in [0.5, 0.6) is 11.6 Å². The van der Waals surface area contributed by atoms with Crippen LogP contribution in [0, 0.1) is 5.92 Å². The highest BCUT2D eigenvalue weighted by Gasteiger charge is 2.49. The standard InChI is InChI=1S/C27H36FN6O9P/c1-6-38-24-21-23(31-27(29)32-24)34(14-30-21)25-22(41-17(5)35)19(12-28)20(42-25)13-39-44(37,43-18-10-8-7-9-11-18)33-16(4)26(36)40-15(2)3/h7-11,14-16,19-20,22,25H,6,12-13H2,1-5H3,(H,33,37)(H2,29,31,32)/t16-,19-,20-,22-,25-,44?/m1/s1. The largest absolute Gasteiger partial charge is 0.476 e. The van der Waals surface area contributed by atoms with E-state index in [0.29, 0.717) is 0 Å². The minimum Gasteiger partial charge on any atom is -0.476 e. The molecule has 6 atom stereocenters. The lowest BCUT2D eigenvalue weighted by atomic mass is 10.00. The van der Waals surface area contributed by atoms with Gasteiger partial charge >= 0.3 is 19.7 Å². The molecule has 0 amide bonds. The summed E-state index contributed by atoms with van der Waals surface area (Å²) in [7, 11) is -4.31. The number of esters is 2. The van der Waals surface area contributed by atoms with Gasteiger partial charge in [-0.15, -0.1) is 0 Å². The predicted molar refractivity (Wildman–Crippen MR) is 154 cm³/mol. The summed E-state index contributed by atoms with van der Waals surface area (Å²) in [6.45, 7) is 6.53. The first-order valence-electron chi connectivity index (χ1n) is 13.9. The van der Waals surface area contributed by atoms with Gasteiger partial charge in [0.25, 0.3) is 0 Å². The lowest BCUT2D eigenvalue weighted by Gasteiger charge is -2.25. The van der Waals surface area contributed by atoms with E-state index in [1.807, 2.05) is 0 Å². The Hall–Kier alpha value is -3.85. The number of nitrogen functional groups attached to an aromatic ring is 1. The molecule has 1 aromatic carbocycles. The maximum absolute atomic E-state index is 14.6. The lowest BCUT2D eigenvalue weighted by molar-refractivity contribution is -0.154. The summed E-state index contributed by atoms with van der Waals surface area (Å²) < 4.78 is 63.8. The Balaban J connectivity index is 1.63. The maximum Gasteiger partial charge on any atom is 0.459 e. The molecule has 0 radical (unpaired) electrons. The van der Waals surface area contributed by atoms with Crippen molar-refractivity contribution < 1.29 is 46.5 Å². The van der Waals surface area contributed by atoms with Crippen molar-refractivity contribution in [3.8, 4) is 11.6 Å². The topological polar surface area (TPSA) is 188 Å². The number of carbonyl (C=O) groups is 2. The molecule has 0 saturated carbocycles. The number of hydrogen-bond donors (Lipinski definition) is 2. The van der Waals surface area contributed by atoms with Crippen LogP contribution in [-0.2, 0) is 32.9 Å². The van der Waals surface area contributed by atoms with Gasteiger partial charge < -0.3 is 29.2 Å². The first kappa shape index (κ1) is 33.1. The van der Waals surface area contributed by atoms with Gasteiger partial charge in [-0.25, -0.2) is 9.55 Å². The Kier molecular flexibility index (Phi) is 10.7. The van der Waals surface area contributed by atoms with Crippen LogP contribution in [-0.4, -0.2) is 75.7 Å². The van der Waals surface area contributed by atoms with Gasteiger partial charge in [0.05, 0.1) is 44.3 Å². The molecule has 1 saturated heterocycles. The summed E-state index contributed by atoms with van der Waals surface area (Å²) >= 11 is 0. The number of nitrogens with zero attached hydrogens (tertiary/aromatic N) is 4. The number of rotatable bonds is 14. The molecule has 3 N–H and O–H groups in total. The van der Waals surface area contributed by atoms with Crippen LogP contribution < -0.4 is 20.1 Å². The number of aromatic nitrogens is 4. The Morgan fingerprint density at radius 1 is 1.20 bits per heavy atom. The molecule has 2 aromatic heterocycles. The number of fused-ring (bicyclic) bond motifs is 1. The van der Waals surface area contributed by atoms with Crippen molar-refractivity contribution >= 4 is 36.8 Å². The molecule has 17 heteroatoms. The van der Waals surface area contributed by atoms with Crippen LogP contribution in [0.4, 0.5) is 10.3 Å². The van der Waals surface area contributed by atoms with Crippen molar-refractivity contribution in [3.05, 3.63) is 36.7 Å². The second kappa shape index (κ2) is 14.3. The van der Waals surface area contributed by atoms with Gasteiger partial charge in [0.2, 0.25) is 11.8 Å². The number of para-hydroxylation sites is 1. The molecule has 44 heavy (non-hydrogen) atoms. The summed E-state index contributed by atoms with van der Waals surface area (Å²) in [5.74, 6) is -2.23. The molecular formula is C27H36FN6O9P. The van der Waals surface area contributed by atoms with Crippen molar-refractivity contribution in [1.29, 1.82) is 0 Å². The second-order valence-electron chi connectivity index (χ2n) is 10.1. The molecule has 1 aliphatic rings. The Bertz CT molecular complexity index is 1490. The average Bonchev–Trinajstić information content (AvgIpc) is 3.52. The minimum atomic E-state index is -4.31. The number of benzene rings is 1. The van der Waals surface area contributed by atoms with Crippen LogP contribution in [0.3, 0.4) is 0 Å². The quantitative estimate of drug-likeness (QED) is 0.193. The van der Waals surface area contributed by atoms with Crippen LogP contribution in [0.1, 0.15) is 40.8 Å². The lowest BCUT2D eigenvalue weighted by Crippen LogP contribution is -2.37. The van der Waals surface area contributed by atoms with Gasteiger partial charge in [-0.3, -0.25) is 23.1 Å². The number of halogens is 1. The monoisotopic (exact) mass is 638 g/mol. The third-order valence-electron chi connectivity index (χ3n) is 6.37. The van der Waals surface area contributed by atoms with E-state index in [9.17, 15) is 18.5 Å². The van der Waals surface area contributed by atoms with Gasteiger partial charge in [0.15, 0.2) is 23.5 Å². The molecule has 1 unspecified atom stereocenters. The zero-order valence-corrected chi connectivity index (χ0v) is 25.8. The Morgan fingerprint density at radius 2 is 1.93 bits per heavy atom. The minimum absolute atomic E-state index is 0.109. The normalized spacial score (nSPS) is 22.0. The van der Waals surface area contributed by atoms with Gasteiger partial charge in [-0.05, 0) is 39.8 Å². The summed E-state index contributed by atoms with van der Waals surface area (Å²) in [6.07, 6.45) is -2.47. The zero-order valence-electron chi connectivity index (χ0n) is 24.9. The number of nitrogens with two attached hydrogens (primary N) is 1. The highest BCUT2D eigenvalue weighted by Crippen LogP contribution is 2.47. The second-order valence-corrected chi connectivity index (χ2v) is 11.8. The molecule has 4 rings (SSSR count). The summed E-state index contributed by atoms with van der Waals surface area (Å²) in [5.41, 5.74) is 6.34. The van der Waals surface area contributed by atoms with Crippen molar-refractivity contribution in [2.45, 2.75) is 65.2 Å². The summed E-state index contributed by atoms with van der Waals surface area (Å²) in [6, 6.07) is 7.05. The fourth-order valence-electron chi connectivity index (χ4n) is 4.53. The number of nitrogens with one attached hydrogen (secondary N) is 1. The van der Waals surface area contributed by atoms with Crippen LogP contribution in [0.15, 0.2) is 36.7 Å². The fraction of sp³-hybridized carbons (Fsp3) is 0.519. The Labute approximate surface area is 253 Å². The van der Waals surface area contributed by atoms with E-state index < -0.39 is 69.5 Å². The van der Waals surface area contributed by atoms with E-state index >= 15 is 0 Å². The number of alkyl halides is 1. The summed E-state index contributed by atoms with van der Waals surface area (Å²) in [5, 5.41) is 2.58. The van der Waals surface area contributed by atoms with Crippen molar-refractivity contribution in [2.24, 2.45) is 5.92 Å². The Morgan fingerprint density at radius 3 is 2.57 bits per heavy atom. The molecule has 240 valence electrons. The van der Waals surface area contributed by atoms with Crippen LogP contribution in [0.2, 0.25) is 0 Å².